The third-order valence-electron chi connectivity index (χ3n) is 2.58. The summed E-state index contributed by atoms with van der Waals surface area (Å²) in [6.45, 7) is 3.62. The van der Waals surface area contributed by atoms with Gasteiger partial charge in [-0.1, -0.05) is 6.92 Å². The minimum absolute atomic E-state index is 0.118. The van der Waals surface area contributed by atoms with E-state index in [1.807, 2.05) is 6.92 Å². The zero-order valence-electron chi connectivity index (χ0n) is 11.9. The summed E-state index contributed by atoms with van der Waals surface area (Å²) in [5.41, 5.74) is 1.30. The van der Waals surface area contributed by atoms with E-state index in [0.717, 1.165) is 0 Å². The smallest absolute Gasteiger partial charge is 0.333 e. The molecule has 0 fully saturated rings. The summed E-state index contributed by atoms with van der Waals surface area (Å²) in [6.07, 6.45) is 2.30. The van der Waals surface area contributed by atoms with Gasteiger partial charge in [0.2, 0.25) is 5.91 Å². The number of esters is 1. The molecule has 108 valence electrons. The third kappa shape index (κ3) is 5.14. The molecule has 0 aliphatic rings. The number of amides is 1. The van der Waals surface area contributed by atoms with Crippen LogP contribution >= 0.6 is 0 Å². The highest BCUT2D eigenvalue weighted by molar-refractivity contribution is 5.88. The van der Waals surface area contributed by atoms with Crippen LogP contribution in [-0.4, -0.2) is 25.6 Å². The average molecular weight is 277 g/mol. The Labute approximate surface area is 118 Å². The molecule has 0 radical (unpaired) electrons. The summed E-state index contributed by atoms with van der Waals surface area (Å²) in [5.74, 6) is 0.208. The maximum atomic E-state index is 11.3. The van der Waals surface area contributed by atoms with Gasteiger partial charge < -0.3 is 14.8 Å². The maximum Gasteiger partial charge on any atom is 0.333 e. The van der Waals surface area contributed by atoms with Gasteiger partial charge in [-0.15, -0.1) is 0 Å². The van der Waals surface area contributed by atoms with Gasteiger partial charge in [0.25, 0.3) is 0 Å². The fourth-order valence-electron chi connectivity index (χ4n) is 1.58. The van der Waals surface area contributed by atoms with Crippen molar-refractivity contribution in [2.24, 2.45) is 0 Å². The van der Waals surface area contributed by atoms with Crippen molar-refractivity contribution in [1.29, 1.82) is 0 Å². The van der Waals surface area contributed by atoms with E-state index in [4.69, 9.17) is 4.74 Å². The highest BCUT2D eigenvalue weighted by atomic mass is 16.5. The lowest BCUT2D eigenvalue weighted by Gasteiger charge is -2.07. The molecule has 0 spiro atoms. The second kappa shape index (κ2) is 7.99. The molecule has 0 atom stereocenters. The Morgan fingerprint density at radius 3 is 2.40 bits per heavy atom. The number of carbonyl (C=O) groups is 2. The molecular formula is C15H19NO4. The molecule has 1 rings (SSSR count). The second-order valence-electron chi connectivity index (χ2n) is 4.09. The van der Waals surface area contributed by atoms with E-state index in [2.05, 4.69) is 10.1 Å². The van der Waals surface area contributed by atoms with Gasteiger partial charge in [0.15, 0.2) is 0 Å². The molecule has 0 heterocycles. The summed E-state index contributed by atoms with van der Waals surface area (Å²) < 4.78 is 10.2. The second-order valence-corrected chi connectivity index (χ2v) is 4.09. The monoisotopic (exact) mass is 277 g/mol. The van der Waals surface area contributed by atoms with Crippen LogP contribution in [-0.2, 0) is 14.3 Å². The molecule has 1 aromatic carbocycles. The predicted molar refractivity (Wildman–Crippen MR) is 76.6 cm³/mol. The first-order chi connectivity index (χ1) is 9.56. The first-order valence-corrected chi connectivity index (χ1v) is 6.34. The normalized spacial score (nSPS) is 10.8. The SMILES string of the molecule is CCC(=CCOc1ccc(NC(C)=O)cc1)C(=O)OC. The lowest BCUT2D eigenvalue weighted by molar-refractivity contribution is -0.136. The van der Waals surface area contributed by atoms with Crippen molar-refractivity contribution in [3.63, 3.8) is 0 Å². The van der Waals surface area contributed by atoms with Gasteiger partial charge in [0, 0.05) is 18.2 Å². The fraction of sp³-hybridized carbons (Fsp3) is 0.333. The number of nitrogens with one attached hydrogen (secondary N) is 1. The Bertz CT molecular complexity index is 491. The Morgan fingerprint density at radius 2 is 1.90 bits per heavy atom. The standard InChI is InChI=1S/C15H19NO4/c1-4-12(15(18)19-3)9-10-20-14-7-5-13(6-8-14)16-11(2)17/h5-9H,4,10H2,1-3H3,(H,16,17). The number of hydrogen-bond acceptors (Lipinski definition) is 4. The van der Waals surface area contributed by atoms with E-state index in [0.29, 0.717) is 23.4 Å². The van der Waals surface area contributed by atoms with Crippen LogP contribution in [0.4, 0.5) is 5.69 Å². The van der Waals surface area contributed by atoms with Crippen molar-refractivity contribution in [2.75, 3.05) is 19.0 Å². The van der Waals surface area contributed by atoms with Crippen LogP contribution in [0.5, 0.6) is 5.75 Å². The minimum atomic E-state index is -0.336. The Balaban J connectivity index is 2.55. The molecule has 0 aromatic heterocycles. The van der Waals surface area contributed by atoms with Crippen LogP contribution in [0, 0.1) is 0 Å². The van der Waals surface area contributed by atoms with E-state index in [1.54, 1.807) is 30.3 Å². The van der Waals surface area contributed by atoms with Crippen LogP contribution in [0.25, 0.3) is 0 Å². The largest absolute Gasteiger partial charge is 0.490 e. The molecule has 0 unspecified atom stereocenters. The van der Waals surface area contributed by atoms with Crippen LogP contribution in [0.2, 0.25) is 0 Å². The van der Waals surface area contributed by atoms with E-state index in [9.17, 15) is 9.59 Å². The first kappa shape index (κ1) is 15.8. The van der Waals surface area contributed by atoms with Crippen molar-refractivity contribution in [3.8, 4) is 5.75 Å². The zero-order valence-corrected chi connectivity index (χ0v) is 11.9. The number of rotatable bonds is 6. The van der Waals surface area contributed by atoms with Crippen molar-refractivity contribution < 1.29 is 19.1 Å². The highest BCUT2D eigenvalue weighted by Gasteiger charge is 2.06. The van der Waals surface area contributed by atoms with E-state index < -0.39 is 0 Å². The number of carbonyl (C=O) groups excluding carboxylic acids is 2. The van der Waals surface area contributed by atoms with Gasteiger partial charge >= 0.3 is 5.97 Å². The summed E-state index contributed by atoms with van der Waals surface area (Å²) in [5, 5.41) is 2.67. The lowest BCUT2D eigenvalue weighted by atomic mass is 10.2. The summed E-state index contributed by atoms with van der Waals surface area (Å²) >= 11 is 0. The number of hydrogen-bond donors (Lipinski definition) is 1. The van der Waals surface area contributed by atoms with Crippen LogP contribution < -0.4 is 10.1 Å². The molecule has 5 nitrogen and oxygen atoms in total. The summed E-state index contributed by atoms with van der Waals surface area (Å²) in [6, 6.07) is 7.01. The molecule has 5 heteroatoms. The van der Waals surface area contributed by atoms with Gasteiger partial charge in [0.1, 0.15) is 12.4 Å². The van der Waals surface area contributed by atoms with Gasteiger partial charge in [-0.2, -0.15) is 0 Å². The van der Waals surface area contributed by atoms with E-state index in [1.165, 1.54) is 14.0 Å². The Morgan fingerprint density at radius 1 is 1.25 bits per heavy atom. The molecular weight excluding hydrogens is 258 g/mol. The number of methoxy groups -OCH3 is 1. The Kier molecular flexibility index (Phi) is 6.29. The quantitative estimate of drug-likeness (QED) is 0.641. The van der Waals surface area contributed by atoms with Gasteiger partial charge in [-0.25, -0.2) is 4.79 Å². The van der Waals surface area contributed by atoms with Crippen molar-refractivity contribution in [3.05, 3.63) is 35.9 Å². The van der Waals surface area contributed by atoms with Crippen molar-refractivity contribution in [2.45, 2.75) is 20.3 Å². The summed E-state index contributed by atoms with van der Waals surface area (Å²) in [4.78, 5) is 22.2. The Hall–Kier alpha value is -2.30. The van der Waals surface area contributed by atoms with E-state index in [-0.39, 0.29) is 18.5 Å². The minimum Gasteiger partial charge on any atom is -0.490 e. The molecule has 1 amide bonds. The average Bonchev–Trinajstić information content (AvgIpc) is 2.44. The topological polar surface area (TPSA) is 64.6 Å². The van der Waals surface area contributed by atoms with Gasteiger partial charge in [-0.3, -0.25) is 4.79 Å². The van der Waals surface area contributed by atoms with Crippen molar-refractivity contribution in [1.82, 2.24) is 0 Å². The van der Waals surface area contributed by atoms with Crippen LogP contribution in [0.15, 0.2) is 35.9 Å². The van der Waals surface area contributed by atoms with E-state index >= 15 is 0 Å². The van der Waals surface area contributed by atoms with Gasteiger partial charge in [0.05, 0.1) is 7.11 Å². The van der Waals surface area contributed by atoms with Crippen LogP contribution in [0.1, 0.15) is 20.3 Å². The van der Waals surface area contributed by atoms with Crippen molar-refractivity contribution >= 4 is 17.6 Å². The highest BCUT2D eigenvalue weighted by Crippen LogP contribution is 2.16. The maximum absolute atomic E-state index is 11.3. The molecule has 0 saturated carbocycles. The lowest BCUT2D eigenvalue weighted by Crippen LogP contribution is -2.06. The fourth-order valence-corrected chi connectivity index (χ4v) is 1.58. The van der Waals surface area contributed by atoms with Crippen LogP contribution in [0.3, 0.4) is 0 Å². The molecule has 20 heavy (non-hydrogen) atoms. The molecule has 0 aliphatic carbocycles. The summed E-state index contributed by atoms with van der Waals surface area (Å²) in [7, 11) is 1.35. The molecule has 1 N–H and O–H groups in total. The molecule has 0 bridgehead atoms. The predicted octanol–water partition coefficient (Wildman–Crippen LogP) is 2.53. The van der Waals surface area contributed by atoms with Gasteiger partial charge in [-0.05, 0) is 36.8 Å². The first-order valence-electron chi connectivity index (χ1n) is 6.34. The number of ether oxygens (including phenoxy) is 2. The molecule has 0 saturated heterocycles. The zero-order chi connectivity index (χ0) is 15.0. The third-order valence-corrected chi connectivity index (χ3v) is 2.58. The number of benzene rings is 1. The molecule has 1 aromatic rings. The number of anilines is 1. The molecule has 0 aliphatic heterocycles.